The van der Waals surface area contributed by atoms with Crippen molar-refractivity contribution in [3.63, 3.8) is 0 Å². The fraction of sp³-hybridized carbons (Fsp3) is 0.786. The van der Waals surface area contributed by atoms with Gasteiger partial charge in [-0.25, -0.2) is 0 Å². The van der Waals surface area contributed by atoms with Crippen LogP contribution >= 0.6 is 11.6 Å². The molecule has 0 aromatic heterocycles. The zero-order valence-corrected chi connectivity index (χ0v) is 12.8. The second-order valence-corrected chi connectivity index (χ2v) is 5.81. The zero-order valence-electron chi connectivity index (χ0n) is 12.0. The third kappa shape index (κ3) is 3.07. The van der Waals surface area contributed by atoms with Gasteiger partial charge >= 0.3 is 0 Å². The Hall–Kier alpha value is -0.540. The largest absolute Gasteiger partial charge is 0.361 e. The lowest BCUT2D eigenvalue weighted by atomic mass is 9.75. The number of amides is 1. The van der Waals surface area contributed by atoms with Crippen molar-refractivity contribution in [3.8, 4) is 0 Å². The van der Waals surface area contributed by atoms with Gasteiger partial charge < -0.3 is 4.74 Å². The predicted octanol–water partition coefficient (Wildman–Crippen LogP) is 3.53. The van der Waals surface area contributed by atoms with Gasteiger partial charge in [0, 0.05) is 12.8 Å². The third-order valence-corrected chi connectivity index (χ3v) is 4.27. The Kier molecular flexibility index (Phi) is 5.23. The summed E-state index contributed by atoms with van der Waals surface area (Å²) in [4.78, 5) is 13.8. The summed E-state index contributed by atoms with van der Waals surface area (Å²) in [5.74, 6) is -0.0941. The molecule has 0 fully saturated rings. The minimum absolute atomic E-state index is 0.00902. The second kappa shape index (κ2) is 6.07. The summed E-state index contributed by atoms with van der Waals surface area (Å²) in [6, 6.07) is 0. The van der Waals surface area contributed by atoms with E-state index >= 15 is 0 Å². The van der Waals surface area contributed by atoms with E-state index in [-0.39, 0.29) is 23.4 Å². The van der Waals surface area contributed by atoms with E-state index in [0.29, 0.717) is 0 Å². The highest BCUT2D eigenvalue weighted by atomic mass is 35.5. The van der Waals surface area contributed by atoms with Crippen LogP contribution in [0.3, 0.4) is 0 Å². The number of carbonyl (C=O) groups excluding carboxylic acids is 1. The topological polar surface area (TPSA) is 29.5 Å². The number of allylic oxidation sites excluding steroid dienone is 2. The van der Waals surface area contributed by atoms with E-state index in [4.69, 9.17) is 16.3 Å². The molecule has 1 aliphatic carbocycles. The smallest absolute Gasteiger partial charge is 0.243 e. The maximum Gasteiger partial charge on any atom is 0.243 e. The van der Waals surface area contributed by atoms with E-state index in [2.05, 4.69) is 20.8 Å². The lowest BCUT2D eigenvalue weighted by Gasteiger charge is -2.39. The van der Waals surface area contributed by atoms with Crippen LogP contribution in [0.15, 0.2) is 11.3 Å². The van der Waals surface area contributed by atoms with Crippen molar-refractivity contribution < 1.29 is 9.53 Å². The minimum atomic E-state index is -0.268. The van der Waals surface area contributed by atoms with Crippen LogP contribution in [0.1, 0.15) is 47.0 Å². The van der Waals surface area contributed by atoms with Crippen LogP contribution in [-0.4, -0.2) is 30.0 Å². The average Bonchev–Trinajstić information content (AvgIpc) is 2.34. The molecule has 0 aromatic carbocycles. The molecule has 0 N–H and O–H groups in total. The molecule has 4 heteroatoms. The first-order valence-corrected chi connectivity index (χ1v) is 6.99. The highest BCUT2D eigenvalue weighted by Crippen LogP contribution is 2.41. The number of nitrogens with zero attached hydrogens (tertiary/aromatic N) is 1. The number of rotatable bonds is 4. The molecule has 0 spiro atoms. The Bertz CT molecular complexity index is 350. The van der Waals surface area contributed by atoms with Gasteiger partial charge in [0.25, 0.3) is 0 Å². The summed E-state index contributed by atoms with van der Waals surface area (Å²) in [7, 11) is 1.61. The van der Waals surface area contributed by atoms with Crippen LogP contribution in [0.25, 0.3) is 0 Å². The lowest BCUT2D eigenvalue weighted by Crippen LogP contribution is -2.42. The van der Waals surface area contributed by atoms with Crippen molar-refractivity contribution in [1.29, 1.82) is 0 Å². The van der Waals surface area contributed by atoms with Crippen molar-refractivity contribution in [1.82, 2.24) is 4.90 Å². The predicted molar refractivity (Wildman–Crippen MR) is 74.4 cm³/mol. The molecule has 1 atom stereocenters. The van der Waals surface area contributed by atoms with Crippen molar-refractivity contribution in [3.05, 3.63) is 11.3 Å². The summed E-state index contributed by atoms with van der Waals surface area (Å²) in [5.41, 5.74) is 2.51. The van der Waals surface area contributed by atoms with Gasteiger partial charge in [0.15, 0.2) is 0 Å². The van der Waals surface area contributed by atoms with Crippen LogP contribution in [0.5, 0.6) is 0 Å². The molecule has 18 heavy (non-hydrogen) atoms. The van der Waals surface area contributed by atoms with Crippen molar-refractivity contribution in [2.45, 2.75) is 53.2 Å². The molecule has 1 amide bonds. The first kappa shape index (κ1) is 15.5. The van der Waals surface area contributed by atoms with E-state index < -0.39 is 0 Å². The molecule has 0 bridgehead atoms. The number of methoxy groups -OCH3 is 1. The van der Waals surface area contributed by atoms with Gasteiger partial charge in [0.2, 0.25) is 5.91 Å². The van der Waals surface area contributed by atoms with Crippen LogP contribution in [0.4, 0.5) is 0 Å². The van der Waals surface area contributed by atoms with Gasteiger partial charge in [-0.3, -0.25) is 9.69 Å². The molecular formula is C14H24ClNO2. The summed E-state index contributed by atoms with van der Waals surface area (Å²) in [6.07, 6.45) is 2.91. The Morgan fingerprint density at radius 2 is 2.17 bits per heavy atom. The molecule has 1 rings (SSSR count). The van der Waals surface area contributed by atoms with Gasteiger partial charge in [-0.1, -0.05) is 13.8 Å². The van der Waals surface area contributed by atoms with E-state index in [1.807, 2.05) is 6.92 Å². The maximum atomic E-state index is 12.0. The van der Waals surface area contributed by atoms with Crippen molar-refractivity contribution in [2.75, 3.05) is 13.0 Å². The lowest BCUT2D eigenvalue weighted by molar-refractivity contribution is -0.136. The van der Waals surface area contributed by atoms with Gasteiger partial charge in [-0.2, -0.15) is 0 Å². The minimum Gasteiger partial charge on any atom is -0.361 e. The number of hydrogen-bond acceptors (Lipinski definition) is 2. The number of ether oxygens (including phenoxy) is 1. The highest BCUT2D eigenvalue weighted by molar-refractivity contribution is 6.27. The summed E-state index contributed by atoms with van der Waals surface area (Å²) in [6.45, 7) is 8.45. The van der Waals surface area contributed by atoms with Crippen LogP contribution in [0.2, 0.25) is 0 Å². The maximum absolute atomic E-state index is 12.0. The van der Waals surface area contributed by atoms with Gasteiger partial charge in [-0.15, -0.1) is 11.6 Å². The molecule has 104 valence electrons. The summed E-state index contributed by atoms with van der Waals surface area (Å²) < 4.78 is 5.32. The fourth-order valence-electron chi connectivity index (χ4n) is 2.51. The van der Waals surface area contributed by atoms with Crippen LogP contribution in [-0.2, 0) is 9.53 Å². The SMILES string of the molecule is COC(C)N(C(=O)CCl)C1=C(C)C(C)(C)CCC1. The third-order valence-electron chi connectivity index (χ3n) is 4.04. The van der Waals surface area contributed by atoms with Crippen LogP contribution in [0, 0.1) is 5.41 Å². The molecule has 0 saturated carbocycles. The highest BCUT2D eigenvalue weighted by Gasteiger charge is 2.33. The Morgan fingerprint density at radius 3 is 2.67 bits per heavy atom. The first-order chi connectivity index (χ1) is 8.35. The molecule has 3 nitrogen and oxygen atoms in total. The van der Waals surface area contributed by atoms with Gasteiger partial charge in [0.05, 0.1) is 0 Å². The van der Waals surface area contributed by atoms with E-state index in [9.17, 15) is 4.79 Å². The Balaban J connectivity index is 3.16. The van der Waals surface area contributed by atoms with Gasteiger partial charge in [0.1, 0.15) is 12.1 Å². The Labute approximate surface area is 115 Å². The summed E-state index contributed by atoms with van der Waals surface area (Å²) in [5, 5.41) is 0. The monoisotopic (exact) mass is 273 g/mol. The molecule has 1 aliphatic rings. The second-order valence-electron chi connectivity index (χ2n) is 5.54. The molecule has 0 heterocycles. The van der Waals surface area contributed by atoms with Crippen molar-refractivity contribution in [2.24, 2.45) is 5.41 Å². The number of carbonyl (C=O) groups is 1. The molecule has 1 unspecified atom stereocenters. The van der Waals surface area contributed by atoms with Crippen molar-refractivity contribution >= 4 is 17.5 Å². The number of alkyl halides is 1. The van der Waals surface area contributed by atoms with E-state index in [1.165, 1.54) is 5.57 Å². The van der Waals surface area contributed by atoms with Crippen LogP contribution < -0.4 is 0 Å². The molecule has 0 saturated heterocycles. The first-order valence-electron chi connectivity index (χ1n) is 6.46. The number of halogens is 1. The molecule has 0 radical (unpaired) electrons. The van der Waals surface area contributed by atoms with E-state index in [0.717, 1.165) is 25.0 Å². The van der Waals surface area contributed by atoms with Gasteiger partial charge in [-0.05, 0) is 44.1 Å². The average molecular weight is 274 g/mol. The normalized spacial score (nSPS) is 20.8. The summed E-state index contributed by atoms with van der Waals surface area (Å²) >= 11 is 5.72. The fourth-order valence-corrected chi connectivity index (χ4v) is 2.64. The zero-order chi connectivity index (χ0) is 13.9. The molecule has 0 aliphatic heterocycles. The molecule has 0 aromatic rings. The molecular weight excluding hydrogens is 250 g/mol. The van der Waals surface area contributed by atoms with E-state index in [1.54, 1.807) is 12.0 Å². The quantitative estimate of drug-likeness (QED) is 0.579. The number of hydrogen-bond donors (Lipinski definition) is 0. The Morgan fingerprint density at radius 1 is 1.56 bits per heavy atom. The standard InChI is InChI=1S/C14H24ClNO2/c1-10-12(7-6-8-14(10,3)4)16(11(2)18-5)13(17)9-15/h11H,6-9H2,1-5H3.